The minimum absolute atomic E-state index is 0.186. The third-order valence-corrected chi connectivity index (χ3v) is 5.75. The predicted molar refractivity (Wildman–Crippen MR) is 102 cm³/mol. The average Bonchev–Trinajstić information content (AvgIpc) is 2.56. The SMILES string of the molecule is C=CCOc1cc(Cl)c(Cl)cc1CC1CCN(C(=O)C2CNC2)CC1. The molecule has 1 amide bonds. The van der Waals surface area contributed by atoms with E-state index in [2.05, 4.69) is 11.9 Å². The molecule has 2 saturated heterocycles. The van der Waals surface area contributed by atoms with Gasteiger partial charge in [0.1, 0.15) is 12.4 Å². The lowest BCUT2D eigenvalue weighted by molar-refractivity contribution is -0.138. The van der Waals surface area contributed by atoms with Crippen LogP contribution in [0, 0.1) is 11.8 Å². The number of rotatable bonds is 6. The molecule has 2 heterocycles. The molecule has 0 radical (unpaired) electrons. The minimum Gasteiger partial charge on any atom is -0.489 e. The van der Waals surface area contributed by atoms with Crippen molar-refractivity contribution in [1.29, 1.82) is 0 Å². The Morgan fingerprint density at radius 1 is 1.28 bits per heavy atom. The Kier molecular flexibility index (Phi) is 6.26. The molecule has 6 heteroatoms. The lowest BCUT2D eigenvalue weighted by Gasteiger charge is -2.37. The number of benzene rings is 1. The molecule has 1 N–H and O–H groups in total. The molecule has 136 valence electrons. The molecule has 25 heavy (non-hydrogen) atoms. The van der Waals surface area contributed by atoms with Crippen molar-refractivity contribution in [3.05, 3.63) is 40.4 Å². The van der Waals surface area contributed by atoms with Crippen LogP contribution in [-0.4, -0.2) is 43.6 Å². The van der Waals surface area contributed by atoms with Gasteiger partial charge in [0.2, 0.25) is 5.91 Å². The molecule has 2 aliphatic rings. The number of hydrogen-bond donors (Lipinski definition) is 1. The Bertz CT molecular complexity index is 639. The highest BCUT2D eigenvalue weighted by molar-refractivity contribution is 6.42. The van der Waals surface area contributed by atoms with Crippen molar-refractivity contribution in [3.8, 4) is 5.75 Å². The summed E-state index contributed by atoms with van der Waals surface area (Å²) in [6, 6.07) is 3.69. The van der Waals surface area contributed by atoms with Crippen LogP contribution in [0.3, 0.4) is 0 Å². The number of amides is 1. The molecule has 1 aromatic carbocycles. The normalized spacial score (nSPS) is 18.7. The molecule has 0 unspecified atom stereocenters. The van der Waals surface area contributed by atoms with Crippen molar-refractivity contribution in [2.45, 2.75) is 19.3 Å². The summed E-state index contributed by atoms with van der Waals surface area (Å²) < 4.78 is 5.74. The van der Waals surface area contributed by atoms with Gasteiger partial charge < -0.3 is 15.0 Å². The number of carbonyl (C=O) groups is 1. The predicted octanol–water partition coefficient (Wildman–Crippen LogP) is 3.56. The van der Waals surface area contributed by atoms with E-state index in [1.54, 1.807) is 12.1 Å². The third-order valence-electron chi connectivity index (χ3n) is 5.03. The van der Waals surface area contributed by atoms with Crippen LogP contribution in [-0.2, 0) is 11.2 Å². The number of piperidine rings is 1. The fourth-order valence-corrected chi connectivity index (χ4v) is 3.74. The lowest BCUT2D eigenvalue weighted by atomic mass is 9.89. The topological polar surface area (TPSA) is 41.6 Å². The highest BCUT2D eigenvalue weighted by atomic mass is 35.5. The zero-order chi connectivity index (χ0) is 17.8. The second kappa shape index (κ2) is 8.43. The van der Waals surface area contributed by atoms with E-state index in [0.29, 0.717) is 28.5 Å². The maximum Gasteiger partial charge on any atom is 0.228 e. The summed E-state index contributed by atoms with van der Waals surface area (Å²) in [6.07, 6.45) is 4.61. The van der Waals surface area contributed by atoms with Crippen LogP contribution in [0.15, 0.2) is 24.8 Å². The van der Waals surface area contributed by atoms with E-state index in [1.807, 2.05) is 11.0 Å². The number of nitrogens with zero attached hydrogens (tertiary/aromatic N) is 1. The van der Waals surface area contributed by atoms with E-state index in [-0.39, 0.29) is 5.92 Å². The zero-order valence-electron chi connectivity index (χ0n) is 14.3. The molecular formula is C19H24Cl2N2O2. The molecule has 0 aromatic heterocycles. The molecule has 0 atom stereocenters. The molecule has 0 spiro atoms. The fraction of sp³-hybridized carbons (Fsp3) is 0.526. The molecule has 2 aliphatic heterocycles. The summed E-state index contributed by atoms with van der Waals surface area (Å²) in [7, 11) is 0. The van der Waals surface area contributed by atoms with Crippen molar-refractivity contribution < 1.29 is 9.53 Å². The van der Waals surface area contributed by atoms with Crippen LogP contribution in [0.1, 0.15) is 18.4 Å². The van der Waals surface area contributed by atoms with Crippen LogP contribution in [0.4, 0.5) is 0 Å². The first-order valence-corrected chi connectivity index (χ1v) is 9.55. The largest absolute Gasteiger partial charge is 0.489 e. The lowest BCUT2D eigenvalue weighted by Crippen LogP contribution is -2.53. The van der Waals surface area contributed by atoms with E-state index in [0.717, 1.165) is 56.8 Å². The van der Waals surface area contributed by atoms with Gasteiger partial charge in [-0.3, -0.25) is 4.79 Å². The maximum absolute atomic E-state index is 12.3. The van der Waals surface area contributed by atoms with E-state index < -0.39 is 0 Å². The van der Waals surface area contributed by atoms with Crippen LogP contribution in [0.5, 0.6) is 5.75 Å². The van der Waals surface area contributed by atoms with E-state index >= 15 is 0 Å². The van der Waals surface area contributed by atoms with Gasteiger partial charge in [-0.15, -0.1) is 0 Å². The van der Waals surface area contributed by atoms with Gasteiger partial charge in [0.05, 0.1) is 16.0 Å². The van der Waals surface area contributed by atoms with Gasteiger partial charge in [0.15, 0.2) is 0 Å². The smallest absolute Gasteiger partial charge is 0.228 e. The monoisotopic (exact) mass is 382 g/mol. The summed E-state index contributed by atoms with van der Waals surface area (Å²) in [6.45, 7) is 7.45. The van der Waals surface area contributed by atoms with Gasteiger partial charge in [0, 0.05) is 32.2 Å². The number of ether oxygens (including phenoxy) is 1. The molecule has 4 nitrogen and oxygen atoms in total. The first-order chi connectivity index (χ1) is 12.1. The van der Waals surface area contributed by atoms with Crippen molar-refractivity contribution in [1.82, 2.24) is 10.2 Å². The Morgan fingerprint density at radius 3 is 2.56 bits per heavy atom. The van der Waals surface area contributed by atoms with E-state index in [4.69, 9.17) is 27.9 Å². The second-order valence-corrected chi connectivity index (χ2v) is 7.62. The Morgan fingerprint density at radius 2 is 1.96 bits per heavy atom. The van der Waals surface area contributed by atoms with E-state index in [1.165, 1.54) is 0 Å². The number of likely N-dealkylation sites (tertiary alicyclic amines) is 1. The molecule has 0 aliphatic carbocycles. The first kappa shape index (κ1) is 18.6. The highest BCUT2D eigenvalue weighted by Crippen LogP contribution is 2.34. The minimum atomic E-state index is 0.186. The Labute approximate surface area is 159 Å². The number of halogens is 2. The maximum atomic E-state index is 12.3. The molecular weight excluding hydrogens is 359 g/mol. The van der Waals surface area contributed by atoms with Gasteiger partial charge in [0.25, 0.3) is 0 Å². The Balaban J connectivity index is 1.60. The number of carbonyl (C=O) groups excluding carboxylic acids is 1. The van der Waals surface area contributed by atoms with Gasteiger partial charge >= 0.3 is 0 Å². The summed E-state index contributed by atoms with van der Waals surface area (Å²) in [4.78, 5) is 14.3. The third kappa shape index (κ3) is 4.49. The second-order valence-electron chi connectivity index (χ2n) is 6.80. The van der Waals surface area contributed by atoms with E-state index in [9.17, 15) is 4.79 Å². The first-order valence-electron chi connectivity index (χ1n) is 8.79. The van der Waals surface area contributed by atoms with Crippen LogP contribution >= 0.6 is 23.2 Å². The summed E-state index contributed by atoms with van der Waals surface area (Å²) in [5.74, 6) is 1.78. The molecule has 2 fully saturated rings. The quantitative estimate of drug-likeness (QED) is 0.764. The van der Waals surface area contributed by atoms with Crippen molar-refractivity contribution in [2.24, 2.45) is 11.8 Å². The van der Waals surface area contributed by atoms with Crippen LogP contribution in [0.25, 0.3) is 0 Å². The van der Waals surface area contributed by atoms with Crippen LogP contribution in [0.2, 0.25) is 10.0 Å². The number of nitrogens with one attached hydrogen (secondary N) is 1. The summed E-state index contributed by atoms with van der Waals surface area (Å²) in [5.41, 5.74) is 1.07. The highest BCUT2D eigenvalue weighted by Gasteiger charge is 2.31. The number of hydrogen-bond acceptors (Lipinski definition) is 3. The zero-order valence-corrected chi connectivity index (χ0v) is 15.8. The fourth-order valence-electron chi connectivity index (χ4n) is 3.40. The Hall–Kier alpha value is -1.23. The van der Waals surface area contributed by atoms with Crippen molar-refractivity contribution in [2.75, 3.05) is 32.8 Å². The average molecular weight is 383 g/mol. The van der Waals surface area contributed by atoms with Gasteiger partial charge in [-0.1, -0.05) is 35.9 Å². The molecule has 0 bridgehead atoms. The summed E-state index contributed by atoms with van der Waals surface area (Å²) >= 11 is 12.3. The van der Waals surface area contributed by atoms with Crippen LogP contribution < -0.4 is 10.1 Å². The van der Waals surface area contributed by atoms with Gasteiger partial charge in [-0.25, -0.2) is 0 Å². The molecule has 3 rings (SSSR count). The van der Waals surface area contributed by atoms with Gasteiger partial charge in [-0.05, 0) is 36.8 Å². The van der Waals surface area contributed by atoms with Crippen molar-refractivity contribution >= 4 is 29.1 Å². The van der Waals surface area contributed by atoms with Gasteiger partial charge in [-0.2, -0.15) is 0 Å². The standard InChI is InChI=1S/C19H24Cl2N2O2/c1-2-7-25-18-10-17(21)16(20)9-14(18)8-13-3-5-23(6-4-13)19(24)15-11-22-12-15/h2,9-10,13,15,22H,1,3-8,11-12H2. The summed E-state index contributed by atoms with van der Waals surface area (Å²) in [5, 5.41) is 4.21. The molecule has 0 saturated carbocycles. The molecule has 1 aromatic rings. The van der Waals surface area contributed by atoms with Crippen molar-refractivity contribution in [3.63, 3.8) is 0 Å².